The zero-order chi connectivity index (χ0) is 15.1. The lowest BCUT2D eigenvalue weighted by Crippen LogP contribution is -2.32. The highest BCUT2D eigenvalue weighted by Gasteiger charge is 2.20. The van der Waals surface area contributed by atoms with Gasteiger partial charge in [0.1, 0.15) is 6.04 Å². The summed E-state index contributed by atoms with van der Waals surface area (Å²) in [6.07, 6.45) is 0.295. The number of carboxylic acid groups (broad SMARTS) is 1. The van der Waals surface area contributed by atoms with Crippen molar-refractivity contribution in [3.8, 4) is 0 Å². The van der Waals surface area contributed by atoms with E-state index in [0.717, 1.165) is 21.1 Å². The van der Waals surface area contributed by atoms with Crippen LogP contribution in [0.5, 0.6) is 0 Å². The van der Waals surface area contributed by atoms with Gasteiger partial charge in [-0.15, -0.1) is 0 Å². The van der Waals surface area contributed by atoms with E-state index in [1.165, 1.54) is 5.56 Å². The molecule has 0 saturated heterocycles. The summed E-state index contributed by atoms with van der Waals surface area (Å²) in [7, 11) is 0. The zero-order valence-corrected chi connectivity index (χ0v) is 13.4. The smallest absolute Gasteiger partial charge is 0.320 e. The van der Waals surface area contributed by atoms with Gasteiger partial charge in [0.05, 0.1) is 4.60 Å². The third-order valence-electron chi connectivity index (χ3n) is 3.46. The van der Waals surface area contributed by atoms with E-state index >= 15 is 0 Å². The number of halogens is 1. The Labute approximate surface area is 126 Å². The lowest BCUT2D eigenvalue weighted by Gasteiger charge is -2.19. The number of carbonyl (C=O) groups is 1. The minimum atomic E-state index is -0.988. The molecule has 0 aliphatic rings. The number of hydrogen-bond acceptors (Lipinski definition) is 2. The van der Waals surface area contributed by atoms with E-state index in [9.17, 15) is 4.79 Å². The van der Waals surface area contributed by atoms with Crippen molar-refractivity contribution in [3.63, 3.8) is 0 Å². The zero-order valence-electron chi connectivity index (χ0n) is 11.8. The van der Waals surface area contributed by atoms with E-state index in [4.69, 9.17) is 10.8 Å². The number of rotatable bonds is 3. The summed E-state index contributed by atoms with van der Waals surface area (Å²) in [5, 5.41) is 10.0. The van der Waals surface area contributed by atoms with Gasteiger partial charge >= 0.3 is 5.97 Å². The number of carboxylic acids is 1. The molecule has 5 heteroatoms. The first-order chi connectivity index (χ1) is 9.20. The second kappa shape index (κ2) is 5.22. The normalized spacial score (nSPS) is 13.7. The summed E-state index contributed by atoms with van der Waals surface area (Å²) in [5.74, 6) is -0.988. The molecule has 1 aromatic carbocycles. The molecule has 0 bridgehead atoms. The second-order valence-corrected chi connectivity index (χ2v) is 6.87. The molecule has 2 rings (SSSR count). The van der Waals surface area contributed by atoms with Crippen LogP contribution in [0.15, 0.2) is 22.8 Å². The van der Waals surface area contributed by atoms with Crippen molar-refractivity contribution in [1.82, 2.24) is 4.98 Å². The lowest BCUT2D eigenvalue weighted by atomic mass is 9.86. The van der Waals surface area contributed by atoms with Gasteiger partial charge in [-0.05, 0) is 44.6 Å². The van der Waals surface area contributed by atoms with E-state index in [-0.39, 0.29) is 5.41 Å². The van der Waals surface area contributed by atoms with E-state index in [2.05, 4.69) is 53.8 Å². The van der Waals surface area contributed by atoms with Crippen LogP contribution in [0.25, 0.3) is 10.9 Å². The maximum absolute atomic E-state index is 10.9. The molecule has 4 N–H and O–H groups in total. The number of nitrogens with two attached hydrogens (primary N) is 1. The van der Waals surface area contributed by atoms with Crippen LogP contribution in [0, 0.1) is 0 Å². The summed E-state index contributed by atoms with van der Waals surface area (Å²) in [4.78, 5) is 14.2. The van der Waals surface area contributed by atoms with Crippen LogP contribution in [-0.4, -0.2) is 22.1 Å². The van der Waals surface area contributed by atoms with Gasteiger partial charge in [0.15, 0.2) is 0 Å². The second-order valence-electron chi connectivity index (χ2n) is 6.08. The molecule has 0 aliphatic heterocycles. The average molecular weight is 339 g/mol. The van der Waals surface area contributed by atoms with Crippen molar-refractivity contribution >= 4 is 32.8 Å². The van der Waals surface area contributed by atoms with Gasteiger partial charge in [-0.1, -0.05) is 26.8 Å². The number of aromatic nitrogens is 1. The van der Waals surface area contributed by atoms with E-state index in [0.29, 0.717) is 6.42 Å². The fourth-order valence-electron chi connectivity index (χ4n) is 2.19. The Morgan fingerprint density at radius 1 is 1.45 bits per heavy atom. The molecule has 4 nitrogen and oxygen atoms in total. The predicted molar refractivity (Wildman–Crippen MR) is 84.0 cm³/mol. The van der Waals surface area contributed by atoms with Crippen LogP contribution >= 0.6 is 15.9 Å². The minimum absolute atomic E-state index is 0.0458. The summed E-state index contributed by atoms with van der Waals surface area (Å²) in [6, 6.07) is 5.33. The number of H-pyrrole nitrogens is 1. The molecule has 0 fully saturated rings. The quantitative estimate of drug-likeness (QED) is 0.804. The number of benzene rings is 1. The largest absolute Gasteiger partial charge is 0.480 e. The van der Waals surface area contributed by atoms with Crippen LogP contribution < -0.4 is 5.73 Å². The van der Waals surface area contributed by atoms with Gasteiger partial charge < -0.3 is 15.8 Å². The Hall–Kier alpha value is -1.33. The molecule has 1 aromatic heterocycles. The Balaban J connectivity index is 2.53. The number of nitrogens with one attached hydrogen (secondary N) is 1. The predicted octanol–water partition coefficient (Wildman–Crippen LogP) is 3.18. The molecule has 1 atom stereocenters. The fourth-order valence-corrected chi connectivity index (χ4v) is 2.78. The molecule has 0 saturated carbocycles. The Bertz CT molecular complexity index is 656. The fraction of sp³-hybridized carbons (Fsp3) is 0.400. The Morgan fingerprint density at radius 2 is 2.10 bits per heavy atom. The third-order valence-corrected chi connectivity index (χ3v) is 4.14. The molecule has 0 spiro atoms. The molecule has 0 aliphatic carbocycles. The topological polar surface area (TPSA) is 79.1 Å². The number of aromatic amines is 1. The van der Waals surface area contributed by atoms with Crippen molar-refractivity contribution in [2.24, 2.45) is 5.73 Å². The highest BCUT2D eigenvalue weighted by atomic mass is 79.9. The lowest BCUT2D eigenvalue weighted by molar-refractivity contribution is -0.138. The highest BCUT2D eigenvalue weighted by molar-refractivity contribution is 9.10. The van der Waals surface area contributed by atoms with Crippen molar-refractivity contribution in [1.29, 1.82) is 0 Å². The molecule has 0 radical (unpaired) electrons. The first kappa shape index (κ1) is 15.1. The van der Waals surface area contributed by atoms with Crippen LogP contribution in [0.2, 0.25) is 0 Å². The molecule has 108 valence electrons. The summed E-state index contributed by atoms with van der Waals surface area (Å²) in [6.45, 7) is 6.45. The van der Waals surface area contributed by atoms with Gasteiger partial charge in [-0.2, -0.15) is 0 Å². The van der Waals surface area contributed by atoms with Crippen LogP contribution in [0.4, 0.5) is 0 Å². The molecule has 1 unspecified atom stereocenters. The molecule has 20 heavy (non-hydrogen) atoms. The van der Waals surface area contributed by atoms with Crippen molar-refractivity contribution in [2.45, 2.75) is 38.6 Å². The summed E-state index contributed by atoms with van der Waals surface area (Å²) in [5.41, 5.74) is 8.81. The van der Waals surface area contributed by atoms with Crippen LogP contribution in [-0.2, 0) is 16.6 Å². The van der Waals surface area contributed by atoms with E-state index in [1.54, 1.807) is 0 Å². The van der Waals surface area contributed by atoms with Gasteiger partial charge in [0.2, 0.25) is 0 Å². The number of hydrogen-bond donors (Lipinski definition) is 3. The van der Waals surface area contributed by atoms with Crippen molar-refractivity contribution in [3.05, 3.63) is 33.9 Å². The number of aliphatic carboxylic acids is 1. The van der Waals surface area contributed by atoms with Gasteiger partial charge in [-0.3, -0.25) is 4.79 Å². The van der Waals surface area contributed by atoms with Crippen molar-refractivity contribution in [2.75, 3.05) is 0 Å². The maximum Gasteiger partial charge on any atom is 0.320 e. The Kier molecular flexibility index (Phi) is 3.93. The molecular weight excluding hydrogens is 320 g/mol. The molecule has 1 heterocycles. The summed E-state index contributed by atoms with van der Waals surface area (Å²) < 4.78 is 0.801. The highest BCUT2D eigenvalue weighted by Crippen LogP contribution is 2.32. The maximum atomic E-state index is 10.9. The first-order valence-electron chi connectivity index (χ1n) is 6.49. The van der Waals surface area contributed by atoms with Gasteiger partial charge in [0.25, 0.3) is 0 Å². The standard InChI is InChI=1S/C15H19BrN2O2/c1-15(2,3)8-4-5-12-9(6-8)10(13(16)18-12)7-11(17)14(19)20/h4-6,11,18H,7,17H2,1-3H3,(H,19,20). The molecule has 2 aromatic rings. The van der Waals surface area contributed by atoms with Crippen molar-refractivity contribution < 1.29 is 9.90 Å². The van der Waals surface area contributed by atoms with E-state index in [1.807, 2.05) is 6.07 Å². The third kappa shape index (κ3) is 2.88. The summed E-state index contributed by atoms with van der Waals surface area (Å²) >= 11 is 3.46. The van der Waals surface area contributed by atoms with Crippen LogP contribution in [0.3, 0.4) is 0 Å². The van der Waals surface area contributed by atoms with E-state index < -0.39 is 12.0 Å². The number of fused-ring (bicyclic) bond motifs is 1. The molecule has 0 amide bonds. The minimum Gasteiger partial charge on any atom is -0.480 e. The average Bonchev–Trinajstić information content (AvgIpc) is 2.64. The van der Waals surface area contributed by atoms with Gasteiger partial charge in [-0.25, -0.2) is 0 Å². The van der Waals surface area contributed by atoms with Gasteiger partial charge in [0, 0.05) is 17.3 Å². The van der Waals surface area contributed by atoms with Crippen LogP contribution in [0.1, 0.15) is 31.9 Å². The SMILES string of the molecule is CC(C)(C)c1ccc2[nH]c(Br)c(CC(N)C(=O)O)c2c1. The molecular formula is C15H19BrN2O2. The first-order valence-corrected chi connectivity index (χ1v) is 7.28. The Morgan fingerprint density at radius 3 is 2.65 bits per heavy atom. The monoisotopic (exact) mass is 338 g/mol.